The molecule has 0 aliphatic rings. The summed E-state index contributed by atoms with van der Waals surface area (Å²) < 4.78 is 5.31. The molecule has 0 fully saturated rings. The van der Waals surface area contributed by atoms with Crippen LogP contribution >= 0.6 is 0 Å². The molecule has 4 heteroatoms. The number of carbonyl (C=O) groups is 2. The van der Waals surface area contributed by atoms with Crippen LogP contribution in [-0.4, -0.2) is 23.5 Å². The molecule has 0 aromatic heterocycles. The van der Waals surface area contributed by atoms with Gasteiger partial charge in [-0.25, -0.2) is 4.79 Å². The van der Waals surface area contributed by atoms with Crippen LogP contribution in [0.5, 0.6) is 5.75 Å². The number of carboxylic acid groups (broad SMARTS) is 1. The maximum atomic E-state index is 12.2. The molecule has 1 N–H and O–H groups in total. The van der Waals surface area contributed by atoms with Crippen molar-refractivity contribution in [2.24, 2.45) is 0 Å². The summed E-state index contributed by atoms with van der Waals surface area (Å²) in [6.07, 6.45) is 0. The molecule has 2 aromatic carbocycles. The second-order valence-corrected chi connectivity index (χ2v) is 4.17. The number of aromatic carboxylic acids is 1. The first-order valence-electron chi connectivity index (χ1n) is 6.22. The number of benzene rings is 2. The lowest BCUT2D eigenvalue weighted by Gasteiger charge is -2.05. The summed E-state index contributed by atoms with van der Waals surface area (Å²) in [4.78, 5) is 23.0. The van der Waals surface area contributed by atoms with Crippen molar-refractivity contribution >= 4 is 11.8 Å². The van der Waals surface area contributed by atoms with Gasteiger partial charge in [0.2, 0.25) is 0 Å². The van der Waals surface area contributed by atoms with E-state index in [1.165, 1.54) is 24.3 Å². The molecule has 0 aliphatic heterocycles. The SMILES string of the molecule is CCOc1ccc(C(=O)c2ccc(C(=O)O)cc2)cc1. The van der Waals surface area contributed by atoms with Crippen molar-refractivity contribution in [1.29, 1.82) is 0 Å². The van der Waals surface area contributed by atoms with E-state index >= 15 is 0 Å². The Bertz CT molecular complexity index is 612. The molecule has 0 aliphatic carbocycles. The molecule has 0 spiro atoms. The summed E-state index contributed by atoms with van der Waals surface area (Å²) >= 11 is 0. The molecule has 0 radical (unpaired) electrons. The Morgan fingerprint density at radius 3 is 1.80 bits per heavy atom. The Morgan fingerprint density at radius 1 is 0.900 bits per heavy atom. The Kier molecular flexibility index (Phi) is 4.15. The van der Waals surface area contributed by atoms with E-state index in [-0.39, 0.29) is 11.3 Å². The van der Waals surface area contributed by atoms with Crippen molar-refractivity contribution in [2.75, 3.05) is 6.61 Å². The minimum absolute atomic E-state index is 0.148. The molecule has 0 saturated carbocycles. The average molecular weight is 270 g/mol. The van der Waals surface area contributed by atoms with Gasteiger partial charge in [0.15, 0.2) is 5.78 Å². The van der Waals surface area contributed by atoms with Crippen LogP contribution in [0, 0.1) is 0 Å². The van der Waals surface area contributed by atoms with Crippen molar-refractivity contribution in [2.45, 2.75) is 6.92 Å². The van der Waals surface area contributed by atoms with Crippen LogP contribution < -0.4 is 4.74 Å². The van der Waals surface area contributed by atoms with Gasteiger partial charge in [0, 0.05) is 11.1 Å². The lowest BCUT2D eigenvalue weighted by atomic mass is 10.0. The predicted octanol–water partition coefficient (Wildman–Crippen LogP) is 3.01. The maximum absolute atomic E-state index is 12.2. The molecule has 4 nitrogen and oxygen atoms in total. The third-order valence-corrected chi connectivity index (χ3v) is 2.82. The normalized spacial score (nSPS) is 10.1. The fourth-order valence-electron chi connectivity index (χ4n) is 1.80. The summed E-state index contributed by atoms with van der Waals surface area (Å²) in [6, 6.07) is 12.7. The number of carboxylic acids is 1. The maximum Gasteiger partial charge on any atom is 0.335 e. The quantitative estimate of drug-likeness (QED) is 0.848. The lowest BCUT2D eigenvalue weighted by Crippen LogP contribution is -2.03. The first-order chi connectivity index (χ1) is 9.61. The molecule has 0 amide bonds. The largest absolute Gasteiger partial charge is 0.494 e. The monoisotopic (exact) mass is 270 g/mol. The number of ether oxygens (including phenoxy) is 1. The van der Waals surface area contributed by atoms with E-state index in [0.29, 0.717) is 23.5 Å². The second-order valence-electron chi connectivity index (χ2n) is 4.17. The van der Waals surface area contributed by atoms with E-state index in [1.54, 1.807) is 24.3 Å². The van der Waals surface area contributed by atoms with Gasteiger partial charge in [0.25, 0.3) is 0 Å². The smallest absolute Gasteiger partial charge is 0.335 e. The fourth-order valence-corrected chi connectivity index (χ4v) is 1.80. The molecule has 0 atom stereocenters. The number of hydrogen-bond donors (Lipinski definition) is 1. The first-order valence-corrected chi connectivity index (χ1v) is 6.22. The summed E-state index contributed by atoms with van der Waals surface area (Å²) in [5, 5.41) is 8.81. The standard InChI is InChI=1S/C16H14O4/c1-2-20-14-9-7-12(8-10-14)15(17)11-3-5-13(6-4-11)16(18)19/h3-10H,2H2,1H3,(H,18,19). The molecule has 2 aromatic rings. The zero-order chi connectivity index (χ0) is 14.5. The Hall–Kier alpha value is -2.62. The molecule has 0 bridgehead atoms. The Labute approximate surface area is 116 Å². The van der Waals surface area contributed by atoms with E-state index in [1.807, 2.05) is 6.92 Å². The molecule has 0 saturated heterocycles. The molecule has 102 valence electrons. The van der Waals surface area contributed by atoms with Crippen LogP contribution in [0.1, 0.15) is 33.2 Å². The zero-order valence-corrected chi connectivity index (χ0v) is 11.0. The van der Waals surface area contributed by atoms with Gasteiger partial charge in [-0.2, -0.15) is 0 Å². The molecule has 2 rings (SSSR count). The molecular weight excluding hydrogens is 256 g/mol. The van der Waals surface area contributed by atoms with Crippen LogP contribution in [0.4, 0.5) is 0 Å². The summed E-state index contributed by atoms with van der Waals surface area (Å²) in [6.45, 7) is 2.47. The minimum atomic E-state index is -1.01. The topological polar surface area (TPSA) is 63.6 Å². The highest BCUT2D eigenvalue weighted by atomic mass is 16.5. The van der Waals surface area contributed by atoms with Gasteiger partial charge < -0.3 is 9.84 Å². The van der Waals surface area contributed by atoms with E-state index in [9.17, 15) is 9.59 Å². The Balaban J connectivity index is 2.20. The number of ketones is 1. The van der Waals surface area contributed by atoms with E-state index in [0.717, 1.165) is 0 Å². The highest BCUT2D eigenvalue weighted by molar-refractivity contribution is 6.09. The number of carbonyl (C=O) groups excluding carboxylic acids is 1. The summed E-state index contributed by atoms with van der Waals surface area (Å²) in [7, 11) is 0. The summed E-state index contributed by atoms with van der Waals surface area (Å²) in [5.41, 5.74) is 1.16. The van der Waals surface area contributed by atoms with E-state index < -0.39 is 5.97 Å². The van der Waals surface area contributed by atoms with Crippen molar-refractivity contribution in [1.82, 2.24) is 0 Å². The van der Waals surface area contributed by atoms with E-state index in [4.69, 9.17) is 9.84 Å². The van der Waals surface area contributed by atoms with Gasteiger partial charge in [-0.3, -0.25) is 4.79 Å². The Morgan fingerprint density at radius 2 is 1.35 bits per heavy atom. The van der Waals surface area contributed by atoms with Gasteiger partial charge in [-0.15, -0.1) is 0 Å². The van der Waals surface area contributed by atoms with Crippen LogP contribution in [0.2, 0.25) is 0 Å². The van der Waals surface area contributed by atoms with Crippen LogP contribution in [0.3, 0.4) is 0 Å². The van der Waals surface area contributed by atoms with Crippen LogP contribution in [-0.2, 0) is 0 Å². The lowest BCUT2D eigenvalue weighted by molar-refractivity contribution is 0.0696. The van der Waals surface area contributed by atoms with E-state index in [2.05, 4.69) is 0 Å². The summed E-state index contributed by atoms with van der Waals surface area (Å²) in [5.74, 6) is -0.444. The van der Waals surface area contributed by atoms with Gasteiger partial charge in [-0.05, 0) is 43.3 Å². The van der Waals surface area contributed by atoms with Gasteiger partial charge >= 0.3 is 5.97 Å². The number of rotatable bonds is 5. The molecule has 20 heavy (non-hydrogen) atoms. The highest BCUT2D eigenvalue weighted by Gasteiger charge is 2.10. The third kappa shape index (κ3) is 3.03. The molecule has 0 heterocycles. The first kappa shape index (κ1) is 13.8. The minimum Gasteiger partial charge on any atom is -0.494 e. The van der Waals surface area contributed by atoms with Gasteiger partial charge in [0.1, 0.15) is 5.75 Å². The van der Waals surface area contributed by atoms with Gasteiger partial charge in [-0.1, -0.05) is 12.1 Å². The zero-order valence-electron chi connectivity index (χ0n) is 11.0. The second kappa shape index (κ2) is 6.02. The third-order valence-electron chi connectivity index (χ3n) is 2.82. The predicted molar refractivity (Wildman–Crippen MR) is 74.4 cm³/mol. The fraction of sp³-hybridized carbons (Fsp3) is 0.125. The van der Waals surface area contributed by atoms with Crippen molar-refractivity contribution in [3.05, 3.63) is 65.2 Å². The average Bonchev–Trinajstić information content (AvgIpc) is 2.48. The van der Waals surface area contributed by atoms with Crippen molar-refractivity contribution in [3.8, 4) is 5.75 Å². The van der Waals surface area contributed by atoms with Crippen molar-refractivity contribution in [3.63, 3.8) is 0 Å². The molecular formula is C16H14O4. The number of hydrogen-bond acceptors (Lipinski definition) is 3. The molecule has 0 unspecified atom stereocenters. The van der Waals surface area contributed by atoms with Gasteiger partial charge in [0.05, 0.1) is 12.2 Å². The van der Waals surface area contributed by atoms with Crippen LogP contribution in [0.15, 0.2) is 48.5 Å². The van der Waals surface area contributed by atoms with Crippen molar-refractivity contribution < 1.29 is 19.4 Å². The van der Waals surface area contributed by atoms with Crippen LogP contribution in [0.25, 0.3) is 0 Å². The highest BCUT2D eigenvalue weighted by Crippen LogP contribution is 2.16.